The molecule has 6 nitrogen and oxygen atoms in total. The van der Waals surface area contributed by atoms with Gasteiger partial charge >= 0.3 is 0 Å². The van der Waals surface area contributed by atoms with Gasteiger partial charge in [-0.2, -0.15) is 4.98 Å². The van der Waals surface area contributed by atoms with E-state index < -0.39 is 17.7 Å². The fourth-order valence-electron chi connectivity index (χ4n) is 2.50. The number of aliphatic hydroxyl groups is 1. The highest BCUT2D eigenvalue weighted by molar-refractivity contribution is 5.80. The largest absolute Gasteiger partial charge is 0.383 e. The molecule has 1 N–H and O–H groups in total. The van der Waals surface area contributed by atoms with E-state index >= 15 is 0 Å². The van der Waals surface area contributed by atoms with Crippen LogP contribution in [0.5, 0.6) is 0 Å². The third-order valence-corrected chi connectivity index (χ3v) is 3.72. The van der Waals surface area contributed by atoms with E-state index in [2.05, 4.69) is 10.1 Å². The molecular formula is C15H15F2N3O3. The Labute approximate surface area is 130 Å². The van der Waals surface area contributed by atoms with Crippen LogP contribution in [0.2, 0.25) is 0 Å². The molecule has 1 fully saturated rings. The van der Waals surface area contributed by atoms with Gasteiger partial charge in [-0.3, -0.25) is 4.79 Å². The third kappa shape index (κ3) is 3.37. The molecule has 0 saturated carbocycles. The maximum atomic E-state index is 13.7. The predicted octanol–water partition coefficient (Wildman–Crippen LogP) is 1.89. The van der Waals surface area contributed by atoms with E-state index in [-0.39, 0.29) is 29.7 Å². The number of hydrogen-bond donors (Lipinski definition) is 1. The molecule has 0 bridgehead atoms. The molecule has 1 aliphatic heterocycles. The number of halogens is 2. The SMILES string of the molecule is O=C1C(O)CCCCN1Cc1nc(-c2ccc(F)cc2F)no1. The van der Waals surface area contributed by atoms with Crippen LogP contribution < -0.4 is 0 Å². The number of carbonyl (C=O) groups is 1. The molecule has 0 radical (unpaired) electrons. The van der Waals surface area contributed by atoms with Gasteiger partial charge in [0.25, 0.3) is 5.91 Å². The molecule has 1 saturated heterocycles. The fraction of sp³-hybridized carbons (Fsp3) is 0.400. The van der Waals surface area contributed by atoms with Crippen molar-refractivity contribution >= 4 is 5.91 Å². The Kier molecular flexibility index (Phi) is 4.33. The summed E-state index contributed by atoms with van der Waals surface area (Å²) in [4.78, 5) is 17.5. The summed E-state index contributed by atoms with van der Waals surface area (Å²) in [6.45, 7) is 0.532. The molecule has 1 amide bonds. The third-order valence-electron chi connectivity index (χ3n) is 3.72. The van der Waals surface area contributed by atoms with Crippen molar-refractivity contribution in [2.24, 2.45) is 0 Å². The molecule has 3 rings (SSSR count). The number of aliphatic hydroxyl groups excluding tert-OH is 1. The van der Waals surface area contributed by atoms with E-state index in [1.807, 2.05) is 0 Å². The molecule has 1 aromatic carbocycles. The Hall–Kier alpha value is -2.35. The average molecular weight is 323 g/mol. The van der Waals surface area contributed by atoms with E-state index in [0.717, 1.165) is 25.0 Å². The summed E-state index contributed by atoms with van der Waals surface area (Å²) >= 11 is 0. The number of amides is 1. The van der Waals surface area contributed by atoms with Gasteiger partial charge in [0.2, 0.25) is 11.7 Å². The minimum absolute atomic E-state index is 0.0136. The second-order valence-electron chi connectivity index (χ2n) is 5.41. The maximum Gasteiger partial charge on any atom is 0.251 e. The van der Waals surface area contributed by atoms with E-state index in [1.54, 1.807) is 0 Å². The van der Waals surface area contributed by atoms with E-state index in [9.17, 15) is 18.7 Å². The zero-order valence-corrected chi connectivity index (χ0v) is 12.2. The lowest BCUT2D eigenvalue weighted by atomic mass is 10.2. The van der Waals surface area contributed by atoms with Gasteiger partial charge < -0.3 is 14.5 Å². The van der Waals surface area contributed by atoms with Gasteiger partial charge in [0.15, 0.2) is 0 Å². The summed E-state index contributed by atoms with van der Waals surface area (Å²) in [5.74, 6) is -1.75. The second-order valence-corrected chi connectivity index (χ2v) is 5.41. The average Bonchev–Trinajstić information content (AvgIpc) is 2.91. The Morgan fingerprint density at radius 3 is 2.96 bits per heavy atom. The van der Waals surface area contributed by atoms with E-state index in [1.165, 1.54) is 11.0 Å². The zero-order chi connectivity index (χ0) is 16.4. The maximum absolute atomic E-state index is 13.7. The molecule has 122 valence electrons. The van der Waals surface area contributed by atoms with Crippen molar-refractivity contribution in [2.45, 2.75) is 31.9 Å². The molecule has 0 aliphatic carbocycles. The van der Waals surface area contributed by atoms with Crippen LogP contribution in [0.15, 0.2) is 22.7 Å². The van der Waals surface area contributed by atoms with Crippen LogP contribution in [0.4, 0.5) is 8.78 Å². The standard InChI is InChI=1S/C15H15F2N3O3/c16-9-4-5-10(11(17)7-9)14-18-13(23-19-14)8-20-6-2-1-3-12(21)15(20)22/h4-5,7,12,21H,1-3,6,8H2. The lowest BCUT2D eigenvalue weighted by Gasteiger charge is -2.19. The Morgan fingerprint density at radius 2 is 2.17 bits per heavy atom. The minimum atomic E-state index is -1.02. The monoisotopic (exact) mass is 323 g/mol. The highest BCUT2D eigenvalue weighted by Crippen LogP contribution is 2.21. The normalized spacial score (nSPS) is 19.0. The van der Waals surface area contributed by atoms with Crippen molar-refractivity contribution < 1.29 is 23.2 Å². The summed E-state index contributed by atoms with van der Waals surface area (Å²) < 4.78 is 31.7. The van der Waals surface area contributed by atoms with Crippen molar-refractivity contribution in [1.29, 1.82) is 0 Å². The zero-order valence-electron chi connectivity index (χ0n) is 12.2. The Bertz CT molecular complexity index is 720. The first-order chi connectivity index (χ1) is 11.0. The van der Waals surface area contributed by atoms with Crippen molar-refractivity contribution in [3.63, 3.8) is 0 Å². The summed E-state index contributed by atoms with van der Waals surface area (Å²) in [6.07, 6.45) is 0.954. The number of rotatable bonds is 3. The van der Waals surface area contributed by atoms with Crippen LogP contribution in [0.3, 0.4) is 0 Å². The lowest BCUT2D eigenvalue weighted by Crippen LogP contribution is -2.37. The van der Waals surface area contributed by atoms with Crippen molar-refractivity contribution in [3.05, 3.63) is 35.7 Å². The molecule has 1 aliphatic rings. The molecule has 1 atom stereocenters. The number of aromatic nitrogens is 2. The van der Waals surface area contributed by atoms with Crippen LogP contribution in [0.1, 0.15) is 25.2 Å². The van der Waals surface area contributed by atoms with Crippen LogP contribution >= 0.6 is 0 Å². The van der Waals surface area contributed by atoms with Crippen LogP contribution in [-0.2, 0) is 11.3 Å². The number of carbonyl (C=O) groups excluding carboxylic acids is 1. The van der Waals surface area contributed by atoms with Gasteiger partial charge in [-0.15, -0.1) is 0 Å². The molecule has 8 heteroatoms. The van der Waals surface area contributed by atoms with Gasteiger partial charge in [-0.1, -0.05) is 5.16 Å². The summed E-state index contributed by atoms with van der Waals surface area (Å²) in [5.41, 5.74) is 0.0172. The van der Waals surface area contributed by atoms with Gasteiger partial charge in [0.05, 0.1) is 5.56 Å². The van der Waals surface area contributed by atoms with E-state index in [0.29, 0.717) is 13.0 Å². The topological polar surface area (TPSA) is 79.5 Å². The second kappa shape index (κ2) is 6.41. The molecule has 0 spiro atoms. The molecular weight excluding hydrogens is 308 g/mol. The number of hydrogen-bond acceptors (Lipinski definition) is 5. The minimum Gasteiger partial charge on any atom is -0.383 e. The predicted molar refractivity (Wildman–Crippen MR) is 74.9 cm³/mol. The van der Waals surface area contributed by atoms with E-state index in [4.69, 9.17) is 4.52 Å². The summed E-state index contributed by atoms with van der Waals surface area (Å²) in [6, 6.07) is 3.06. The molecule has 23 heavy (non-hydrogen) atoms. The quantitative estimate of drug-likeness (QED) is 0.933. The van der Waals surface area contributed by atoms with Crippen LogP contribution in [-0.4, -0.2) is 38.7 Å². The Morgan fingerprint density at radius 1 is 1.35 bits per heavy atom. The molecule has 1 aromatic heterocycles. The highest BCUT2D eigenvalue weighted by Gasteiger charge is 2.26. The first kappa shape index (κ1) is 15.5. The summed E-state index contributed by atoms with van der Waals surface area (Å²) in [5, 5.41) is 13.4. The lowest BCUT2D eigenvalue weighted by molar-refractivity contribution is -0.140. The van der Waals surface area contributed by atoms with Gasteiger partial charge in [0, 0.05) is 12.6 Å². The van der Waals surface area contributed by atoms with Gasteiger partial charge in [-0.25, -0.2) is 8.78 Å². The first-order valence-electron chi connectivity index (χ1n) is 7.29. The molecule has 2 aromatic rings. The molecule has 2 heterocycles. The highest BCUT2D eigenvalue weighted by atomic mass is 19.1. The fourth-order valence-corrected chi connectivity index (χ4v) is 2.50. The first-order valence-corrected chi connectivity index (χ1v) is 7.29. The van der Waals surface area contributed by atoms with Crippen LogP contribution in [0, 0.1) is 11.6 Å². The number of likely N-dealkylation sites (tertiary alicyclic amines) is 1. The Balaban J connectivity index is 1.78. The van der Waals surface area contributed by atoms with Crippen molar-refractivity contribution in [3.8, 4) is 11.4 Å². The number of benzene rings is 1. The molecule has 1 unspecified atom stereocenters. The van der Waals surface area contributed by atoms with Crippen molar-refractivity contribution in [2.75, 3.05) is 6.54 Å². The van der Waals surface area contributed by atoms with Gasteiger partial charge in [0.1, 0.15) is 24.3 Å². The van der Waals surface area contributed by atoms with Crippen molar-refractivity contribution in [1.82, 2.24) is 15.0 Å². The summed E-state index contributed by atoms with van der Waals surface area (Å²) in [7, 11) is 0. The van der Waals surface area contributed by atoms with Gasteiger partial charge in [-0.05, 0) is 31.4 Å². The smallest absolute Gasteiger partial charge is 0.251 e. The number of nitrogens with zero attached hydrogens (tertiary/aromatic N) is 3. The van der Waals surface area contributed by atoms with Crippen LogP contribution in [0.25, 0.3) is 11.4 Å².